The Morgan fingerprint density at radius 2 is 2.23 bits per heavy atom. The average Bonchev–Trinajstić information content (AvgIpc) is 2.81. The van der Waals surface area contributed by atoms with Crippen molar-refractivity contribution >= 4 is 29.7 Å². The molecule has 2 rings (SSSR count). The van der Waals surface area contributed by atoms with Crippen LogP contribution in [-0.2, 0) is 17.8 Å². The van der Waals surface area contributed by atoms with E-state index in [0.29, 0.717) is 9.79 Å². The number of hydrogen-bond acceptors (Lipinski definition) is 3. The van der Waals surface area contributed by atoms with Crippen LogP contribution in [0.5, 0.6) is 0 Å². The van der Waals surface area contributed by atoms with Gasteiger partial charge in [-0.15, -0.1) is 0 Å². The number of carbonyl (C=O) groups is 1. The van der Waals surface area contributed by atoms with E-state index in [9.17, 15) is 4.79 Å². The quantitative estimate of drug-likeness (QED) is 0.793. The Balaban J connectivity index is 2.06. The first-order valence-corrected chi connectivity index (χ1v) is 7.99. The van der Waals surface area contributed by atoms with Crippen LogP contribution in [0.4, 0.5) is 0 Å². The second-order valence-electron chi connectivity index (χ2n) is 5.09. The predicted molar refractivity (Wildman–Crippen MR) is 89.4 cm³/mol. The number of hydrogen-bond donors (Lipinski definition) is 2. The molecule has 22 heavy (non-hydrogen) atoms. The van der Waals surface area contributed by atoms with Gasteiger partial charge in [-0.25, -0.2) is 0 Å². The third-order valence-corrected chi connectivity index (χ3v) is 4.02. The fourth-order valence-electron chi connectivity index (χ4n) is 2.26. The molecule has 1 heterocycles. The molecule has 1 unspecified atom stereocenters. The standard InChI is InChI=1S/C15H19ClN4OS/c1-3-6-13-18-19-15(22)20(13)9-14(21)17-10(2)11-7-4-5-8-12(11)16/h4-5,7-8,10H,3,6,9H2,1-2H3,(H,17,21)(H,19,22). The van der Waals surface area contributed by atoms with E-state index >= 15 is 0 Å². The number of carbonyl (C=O) groups excluding carboxylic acids is 1. The number of nitrogens with zero attached hydrogens (tertiary/aromatic N) is 2. The third-order valence-electron chi connectivity index (χ3n) is 3.36. The molecule has 0 aliphatic heterocycles. The molecule has 7 heteroatoms. The SMILES string of the molecule is CCCc1n[nH]c(=S)n1CC(=O)NC(C)c1ccccc1Cl. The highest BCUT2D eigenvalue weighted by Gasteiger charge is 2.14. The third kappa shape index (κ3) is 3.96. The van der Waals surface area contributed by atoms with Crippen molar-refractivity contribution < 1.29 is 4.79 Å². The Kier molecular flexibility index (Phi) is 5.74. The van der Waals surface area contributed by atoms with E-state index in [1.54, 1.807) is 4.57 Å². The van der Waals surface area contributed by atoms with E-state index in [1.165, 1.54) is 0 Å². The number of amides is 1. The summed E-state index contributed by atoms with van der Waals surface area (Å²) in [6, 6.07) is 7.30. The highest BCUT2D eigenvalue weighted by atomic mass is 35.5. The first-order valence-electron chi connectivity index (χ1n) is 7.20. The number of nitrogens with one attached hydrogen (secondary N) is 2. The molecule has 0 fully saturated rings. The van der Waals surface area contributed by atoms with E-state index in [1.807, 2.05) is 31.2 Å². The van der Waals surface area contributed by atoms with Crippen molar-refractivity contribution in [1.82, 2.24) is 20.1 Å². The number of halogens is 1. The first-order chi connectivity index (χ1) is 10.5. The van der Waals surface area contributed by atoms with E-state index in [4.69, 9.17) is 23.8 Å². The summed E-state index contributed by atoms with van der Waals surface area (Å²) in [7, 11) is 0. The molecule has 2 aromatic rings. The smallest absolute Gasteiger partial charge is 0.240 e. The average molecular weight is 339 g/mol. The summed E-state index contributed by atoms with van der Waals surface area (Å²) in [5, 5.41) is 10.5. The zero-order chi connectivity index (χ0) is 16.1. The van der Waals surface area contributed by atoms with E-state index in [0.717, 1.165) is 24.2 Å². The van der Waals surface area contributed by atoms with Gasteiger partial charge < -0.3 is 5.32 Å². The molecule has 1 atom stereocenters. The number of H-pyrrole nitrogens is 1. The summed E-state index contributed by atoms with van der Waals surface area (Å²) in [5.74, 6) is 0.676. The predicted octanol–water partition coefficient (Wildman–Crippen LogP) is 3.42. The van der Waals surface area contributed by atoms with Gasteiger partial charge in [-0.3, -0.25) is 14.5 Å². The van der Waals surface area contributed by atoms with Gasteiger partial charge in [0.05, 0.1) is 6.04 Å². The molecule has 1 aromatic heterocycles. The lowest BCUT2D eigenvalue weighted by Gasteiger charge is -2.16. The molecular formula is C15H19ClN4OS. The first kappa shape index (κ1) is 16.7. The summed E-state index contributed by atoms with van der Waals surface area (Å²) >= 11 is 11.3. The minimum absolute atomic E-state index is 0.123. The van der Waals surface area contributed by atoms with Gasteiger partial charge in [-0.2, -0.15) is 5.10 Å². The maximum absolute atomic E-state index is 12.3. The van der Waals surface area contributed by atoms with Crippen molar-refractivity contribution in [3.8, 4) is 0 Å². The van der Waals surface area contributed by atoms with Crippen molar-refractivity contribution in [2.24, 2.45) is 0 Å². The second-order valence-corrected chi connectivity index (χ2v) is 5.89. The highest BCUT2D eigenvalue weighted by Crippen LogP contribution is 2.22. The summed E-state index contributed by atoms with van der Waals surface area (Å²) in [6.45, 7) is 4.11. The van der Waals surface area contributed by atoms with Crippen molar-refractivity contribution in [3.05, 3.63) is 45.4 Å². The minimum Gasteiger partial charge on any atom is -0.348 e. The van der Waals surface area contributed by atoms with Crippen LogP contribution >= 0.6 is 23.8 Å². The fraction of sp³-hybridized carbons (Fsp3) is 0.400. The van der Waals surface area contributed by atoms with Crippen LogP contribution in [0.15, 0.2) is 24.3 Å². The van der Waals surface area contributed by atoms with Crippen molar-refractivity contribution in [1.29, 1.82) is 0 Å². The Morgan fingerprint density at radius 3 is 2.91 bits per heavy atom. The summed E-state index contributed by atoms with van der Waals surface area (Å²) in [6.07, 6.45) is 1.72. The molecule has 1 aromatic carbocycles. The zero-order valence-corrected chi connectivity index (χ0v) is 14.2. The lowest BCUT2D eigenvalue weighted by Crippen LogP contribution is -2.30. The fourth-order valence-corrected chi connectivity index (χ4v) is 2.78. The van der Waals surface area contributed by atoms with Crippen LogP contribution in [0.25, 0.3) is 0 Å². The number of benzene rings is 1. The highest BCUT2D eigenvalue weighted by molar-refractivity contribution is 7.71. The lowest BCUT2D eigenvalue weighted by molar-refractivity contribution is -0.122. The molecule has 5 nitrogen and oxygen atoms in total. The van der Waals surface area contributed by atoms with E-state index < -0.39 is 0 Å². The molecule has 0 saturated heterocycles. The molecule has 0 bridgehead atoms. The van der Waals surface area contributed by atoms with Crippen molar-refractivity contribution in [2.45, 2.75) is 39.3 Å². The molecule has 0 aliphatic rings. The second kappa shape index (κ2) is 7.56. The van der Waals surface area contributed by atoms with Crippen LogP contribution in [0.1, 0.15) is 37.7 Å². The Labute approximate surface area is 139 Å². The largest absolute Gasteiger partial charge is 0.348 e. The molecule has 0 radical (unpaired) electrons. The van der Waals surface area contributed by atoms with Gasteiger partial charge in [0.25, 0.3) is 0 Å². The topological polar surface area (TPSA) is 62.7 Å². The van der Waals surface area contributed by atoms with Crippen LogP contribution in [0.2, 0.25) is 5.02 Å². The monoisotopic (exact) mass is 338 g/mol. The summed E-state index contributed by atoms with van der Waals surface area (Å²) in [5.41, 5.74) is 0.891. The van der Waals surface area contributed by atoms with Crippen LogP contribution in [0, 0.1) is 4.77 Å². The molecule has 0 aliphatic carbocycles. The normalized spacial score (nSPS) is 12.1. The van der Waals surface area contributed by atoms with Gasteiger partial charge in [0.15, 0.2) is 4.77 Å². The molecular weight excluding hydrogens is 320 g/mol. The van der Waals surface area contributed by atoms with Gasteiger partial charge in [0, 0.05) is 11.4 Å². The summed E-state index contributed by atoms with van der Waals surface area (Å²) in [4.78, 5) is 12.3. The number of aryl methyl sites for hydroxylation is 1. The van der Waals surface area contributed by atoms with Crippen LogP contribution in [-0.4, -0.2) is 20.7 Å². The van der Waals surface area contributed by atoms with Gasteiger partial charge in [-0.1, -0.05) is 36.7 Å². The van der Waals surface area contributed by atoms with E-state index in [2.05, 4.69) is 22.4 Å². The van der Waals surface area contributed by atoms with Crippen molar-refractivity contribution in [3.63, 3.8) is 0 Å². The van der Waals surface area contributed by atoms with Crippen molar-refractivity contribution in [2.75, 3.05) is 0 Å². The molecule has 118 valence electrons. The molecule has 0 saturated carbocycles. The van der Waals surface area contributed by atoms with E-state index in [-0.39, 0.29) is 18.5 Å². The Morgan fingerprint density at radius 1 is 1.50 bits per heavy atom. The number of rotatable bonds is 6. The van der Waals surface area contributed by atoms with Gasteiger partial charge in [-0.05, 0) is 37.2 Å². The summed E-state index contributed by atoms with van der Waals surface area (Å²) < 4.78 is 2.19. The molecule has 0 spiro atoms. The maximum Gasteiger partial charge on any atom is 0.240 e. The number of aromatic nitrogens is 3. The lowest BCUT2D eigenvalue weighted by atomic mass is 10.1. The molecule has 2 N–H and O–H groups in total. The van der Waals surface area contributed by atoms with Gasteiger partial charge in [0.2, 0.25) is 5.91 Å². The van der Waals surface area contributed by atoms with Gasteiger partial charge in [0.1, 0.15) is 12.4 Å². The minimum atomic E-state index is -0.170. The number of aromatic amines is 1. The Bertz CT molecular complexity index is 710. The zero-order valence-electron chi connectivity index (χ0n) is 12.6. The van der Waals surface area contributed by atoms with Crippen LogP contribution in [0.3, 0.4) is 0 Å². The van der Waals surface area contributed by atoms with Crippen LogP contribution < -0.4 is 5.32 Å². The van der Waals surface area contributed by atoms with Gasteiger partial charge >= 0.3 is 0 Å². The Hall–Kier alpha value is -1.66. The maximum atomic E-state index is 12.3. The molecule has 1 amide bonds.